The number of imidazole rings is 1. The summed E-state index contributed by atoms with van der Waals surface area (Å²) in [7, 11) is 1.56. The van der Waals surface area contributed by atoms with Gasteiger partial charge in [-0.25, -0.2) is 15.0 Å². The summed E-state index contributed by atoms with van der Waals surface area (Å²) in [5.74, 6) is 2.01. The van der Waals surface area contributed by atoms with Gasteiger partial charge >= 0.3 is 0 Å². The van der Waals surface area contributed by atoms with Crippen molar-refractivity contribution in [2.45, 2.75) is 20.4 Å². The second kappa shape index (κ2) is 10.0. The Kier molecular flexibility index (Phi) is 6.72. The van der Waals surface area contributed by atoms with E-state index in [9.17, 15) is 4.79 Å². The van der Waals surface area contributed by atoms with Gasteiger partial charge in [0, 0.05) is 37.3 Å². The Labute approximate surface area is 195 Å². The van der Waals surface area contributed by atoms with E-state index in [1.165, 1.54) is 0 Å². The van der Waals surface area contributed by atoms with Crippen molar-refractivity contribution in [3.63, 3.8) is 0 Å². The molecule has 5 N–H and O–H groups in total. The van der Waals surface area contributed by atoms with E-state index in [0.717, 1.165) is 0 Å². The standard InChI is InChI=1S/C23H26N8O3/c1-4-25-11-15-20(24)21(28-12-18-26-7-6-8-27-18)19(23(32)31-15)22-29-13-9-16(33-3)17(34-5-2)10-14(13)30-22/h6-11H,4-5,12,24H2,1-3H3,(H,29,30)(H2,28,31,32). The Bertz CT molecular complexity index is 1380. The van der Waals surface area contributed by atoms with Crippen LogP contribution in [0.4, 0.5) is 11.4 Å². The number of aromatic nitrogens is 5. The second-order valence-corrected chi connectivity index (χ2v) is 7.22. The van der Waals surface area contributed by atoms with Gasteiger partial charge < -0.3 is 30.5 Å². The number of nitrogens with one attached hydrogen (secondary N) is 3. The molecular weight excluding hydrogens is 436 g/mol. The van der Waals surface area contributed by atoms with Gasteiger partial charge in [0.05, 0.1) is 48.4 Å². The predicted molar refractivity (Wildman–Crippen MR) is 132 cm³/mol. The third-order valence-corrected chi connectivity index (χ3v) is 5.03. The van der Waals surface area contributed by atoms with Crippen LogP contribution in [0.2, 0.25) is 0 Å². The molecule has 0 atom stereocenters. The molecule has 176 valence electrons. The number of nitrogens with two attached hydrogens (primary N) is 1. The fraction of sp³-hybridized carbons (Fsp3) is 0.261. The first-order valence-corrected chi connectivity index (χ1v) is 10.8. The Hall–Kier alpha value is -4.41. The van der Waals surface area contributed by atoms with Crippen molar-refractivity contribution in [2.75, 3.05) is 31.3 Å². The lowest BCUT2D eigenvalue weighted by Gasteiger charge is -2.14. The minimum absolute atomic E-state index is 0.258. The molecule has 0 aliphatic rings. The zero-order chi connectivity index (χ0) is 24.1. The molecule has 0 radical (unpaired) electrons. The van der Waals surface area contributed by atoms with Crippen LogP contribution < -0.4 is 26.1 Å². The molecule has 34 heavy (non-hydrogen) atoms. The molecule has 4 rings (SSSR count). The summed E-state index contributed by atoms with van der Waals surface area (Å²) >= 11 is 0. The molecule has 0 bridgehead atoms. The number of benzene rings is 1. The largest absolute Gasteiger partial charge is 0.493 e. The number of aromatic amines is 2. The number of methoxy groups -OCH3 is 1. The van der Waals surface area contributed by atoms with Crippen molar-refractivity contribution in [2.24, 2.45) is 4.99 Å². The molecule has 3 aromatic heterocycles. The van der Waals surface area contributed by atoms with Gasteiger partial charge in [-0.3, -0.25) is 9.79 Å². The molecular formula is C23H26N8O3. The minimum Gasteiger partial charge on any atom is -0.493 e. The van der Waals surface area contributed by atoms with Crippen LogP contribution in [0.5, 0.6) is 11.5 Å². The number of hydrogen-bond donors (Lipinski definition) is 4. The highest BCUT2D eigenvalue weighted by Gasteiger charge is 2.21. The van der Waals surface area contributed by atoms with E-state index in [4.69, 9.17) is 15.2 Å². The highest BCUT2D eigenvalue weighted by Crippen LogP contribution is 2.35. The average Bonchev–Trinajstić information content (AvgIpc) is 3.25. The lowest BCUT2D eigenvalue weighted by molar-refractivity contribution is 0.311. The Morgan fingerprint density at radius 1 is 1.18 bits per heavy atom. The molecule has 0 fully saturated rings. The number of fused-ring (bicyclic) bond motifs is 1. The molecule has 3 heterocycles. The topological polar surface area (TPSA) is 156 Å². The molecule has 0 amide bonds. The molecule has 0 spiro atoms. The molecule has 0 saturated heterocycles. The fourth-order valence-electron chi connectivity index (χ4n) is 3.48. The predicted octanol–water partition coefficient (Wildman–Crippen LogP) is 2.75. The number of nitrogen functional groups attached to an aromatic ring is 1. The Balaban J connectivity index is 1.85. The van der Waals surface area contributed by atoms with E-state index < -0.39 is 0 Å². The van der Waals surface area contributed by atoms with Crippen LogP contribution in [0.25, 0.3) is 22.4 Å². The van der Waals surface area contributed by atoms with E-state index in [2.05, 4.69) is 35.2 Å². The quantitative estimate of drug-likeness (QED) is 0.277. The number of H-pyrrole nitrogens is 2. The van der Waals surface area contributed by atoms with Gasteiger partial charge in [-0.2, -0.15) is 0 Å². The summed E-state index contributed by atoms with van der Waals surface area (Å²) in [6.07, 6.45) is 4.84. The number of anilines is 2. The summed E-state index contributed by atoms with van der Waals surface area (Å²) in [4.78, 5) is 36.5. The number of nitrogens with zero attached hydrogens (tertiary/aromatic N) is 4. The Morgan fingerprint density at radius 2 is 1.97 bits per heavy atom. The van der Waals surface area contributed by atoms with Gasteiger partial charge in [-0.1, -0.05) is 0 Å². The first kappa shape index (κ1) is 22.8. The van der Waals surface area contributed by atoms with Crippen molar-refractivity contribution < 1.29 is 9.47 Å². The monoisotopic (exact) mass is 462 g/mol. The summed E-state index contributed by atoms with van der Waals surface area (Å²) in [5, 5.41) is 3.21. The van der Waals surface area contributed by atoms with Gasteiger partial charge in [0.2, 0.25) is 0 Å². The molecule has 0 unspecified atom stereocenters. The number of pyridine rings is 1. The lowest BCUT2D eigenvalue weighted by atomic mass is 10.1. The SMILES string of the molecule is CCN=Cc1[nH]c(=O)c(-c2nc3cc(OC)c(OCC)cc3[nH]2)c(NCc2ncccn2)c1N. The van der Waals surface area contributed by atoms with Crippen molar-refractivity contribution in [1.29, 1.82) is 0 Å². The van der Waals surface area contributed by atoms with Crippen LogP contribution in [-0.4, -0.2) is 51.4 Å². The van der Waals surface area contributed by atoms with Crippen molar-refractivity contribution in [1.82, 2.24) is 24.9 Å². The summed E-state index contributed by atoms with van der Waals surface area (Å²) in [6.45, 7) is 5.08. The maximum atomic E-state index is 13.2. The number of rotatable bonds is 9. The van der Waals surface area contributed by atoms with Crippen LogP contribution in [-0.2, 0) is 6.54 Å². The molecule has 0 aliphatic heterocycles. The average molecular weight is 463 g/mol. The van der Waals surface area contributed by atoms with Crippen molar-refractivity contribution >= 4 is 28.6 Å². The lowest BCUT2D eigenvalue weighted by Crippen LogP contribution is -2.19. The normalized spacial score (nSPS) is 11.3. The number of ether oxygens (including phenoxy) is 2. The highest BCUT2D eigenvalue weighted by atomic mass is 16.5. The summed E-state index contributed by atoms with van der Waals surface area (Å²) in [5.41, 5.74) is 8.78. The zero-order valence-electron chi connectivity index (χ0n) is 19.2. The third-order valence-electron chi connectivity index (χ3n) is 5.03. The molecule has 0 saturated carbocycles. The zero-order valence-corrected chi connectivity index (χ0v) is 19.2. The van der Waals surface area contributed by atoms with Gasteiger partial charge in [0.25, 0.3) is 5.56 Å². The maximum Gasteiger partial charge on any atom is 0.261 e. The first-order valence-electron chi connectivity index (χ1n) is 10.8. The molecule has 1 aromatic carbocycles. The minimum atomic E-state index is -0.376. The summed E-state index contributed by atoms with van der Waals surface area (Å²) < 4.78 is 11.1. The highest BCUT2D eigenvalue weighted by molar-refractivity contribution is 5.95. The van der Waals surface area contributed by atoms with Crippen LogP contribution in [0, 0.1) is 0 Å². The molecule has 11 nitrogen and oxygen atoms in total. The van der Waals surface area contributed by atoms with E-state index in [-0.39, 0.29) is 17.7 Å². The number of aliphatic imine (C=N–C) groups is 1. The molecule has 4 aromatic rings. The van der Waals surface area contributed by atoms with Gasteiger partial charge in [0.1, 0.15) is 17.2 Å². The van der Waals surface area contributed by atoms with Gasteiger partial charge in [0.15, 0.2) is 11.5 Å². The van der Waals surface area contributed by atoms with Gasteiger partial charge in [-0.15, -0.1) is 0 Å². The first-order chi connectivity index (χ1) is 16.5. The van der Waals surface area contributed by atoms with Crippen molar-refractivity contribution in [3.05, 3.63) is 52.5 Å². The van der Waals surface area contributed by atoms with E-state index in [1.54, 1.807) is 43.9 Å². The van der Waals surface area contributed by atoms with Gasteiger partial charge in [-0.05, 0) is 19.9 Å². The smallest absolute Gasteiger partial charge is 0.261 e. The Morgan fingerprint density at radius 3 is 2.68 bits per heavy atom. The maximum absolute atomic E-state index is 13.2. The fourth-order valence-corrected chi connectivity index (χ4v) is 3.48. The third kappa shape index (κ3) is 4.53. The van der Waals surface area contributed by atoms with Crippen LogP contribution in [0.15, 0.2) is 40.4 Å². The van der Waals surface area contributed by atoms with E-state index in [0.29, 0.717) is 64.4 Å². The van der Waals surface area contributed by atoms with E-state index >= 15 is 0 Å². The molecule has 0 aliphatic carbocycles. The summed E-state index contributed by atoms with van der Waals surface area (Å²) in [6, 6.07) is 5.28. The van der Waals surface area contributed by atoms with Crippen LogP contribution >= 0.6 is 0 Å². The van der Waals surface area contributed by atoms with Crippen LogP contribution in [0.1, 0.15) is 25.4 Å². The second-order valence-electron chi connectivity index (χ2n) is 7.22. The van der Waals surface area contributed by atoms with Crippen molar-refractivity contribution in [3.8, 4) is 22.9 Å². The molecule has 11 heteroatoms. The van der Waals surface area contributed by atoms with E-state index in [1.807, 2.05) is 13.8 Å². The van der Waals surface area contributed by atoms with Crippen LogP contribution in [0.3, 0.4) is 0 Å². The number of hydrogen-bond acceptors (Lipinski definition) is 9.